The smallest absolute Gasteiger partial charge is 0.404 e. The molecule has 0 aliphatic heterocycles. The SMILES string of the molecule is O=C(Nc1ccccc1OC(F)(F)F)c1cc(Br)ccc1I. The van der Waals surface area contributed by atoms with Crippen LogP contribution in [-0.4, -0.2) is 12.3 Å². The Bertz CT molecular complexity index is 707. The Balaban J connectivity index is 2.27. The third kappa shape index (κ3) is 4.60. The average molecular weight is 486 g/mol. The van der Waals surface area contributed by atoms with Crippen molar-refractivity contribution < 1.29 is 22.7 Å². The van der Waals surface area contributed by atoms with E-state index in [1.54, 1.807) is 18.2 Å². The Morgan fingerprint density at radius 2 is 1.86 bits per heavy atom. The quantitative estimate of drug-likeness (QED) is 0.606. The van der Waals surface area contributed by atoms with Crippen molar-refractivity contribution >= 4 is 50.1 Å². The fourth-order valence-electron chi connectivity index (χ4n) is 1.64. The van der Waals surface area contributed by atoms with Gasteiger partial charge in [-0.05, 0) is 52.9 Å². The monoisotopic (exact) mass is 485 g/mol. The molecule has 1 amide bonds. The van der Waals surface area contributed by atoms with E-state index in [-0.39, 0.29) is 5.69 Å². The number of para-hydroxylation sites is 2. The number of ether oxygens (including phenoxy) is 1. The number of anilines is 1. The van der Waals surface area contributed by atoms with Crippen LogP contribution in [0.15, 0.2) is 46.9 Å². The van der Waals surface area contributed by atoms with E-state index in [1.165, 1.54) is 18.2 Å². The van der Waals surface area contributed by atoms with Gasteiger partial charge in [0.05, 0.1) is 11.3 Å². The van der Waals surface area contributed by atoms with Crippen molar-refractivity contribution in [3.05, 3.63) is 56.1 Å². The number of alkyl halides is 3. The van der Waals surface area contributed by atoms with Crippen LogP contribution < -0.4 is 10.1 Å². The lowest BCUT2D eigenvalue weighted by Crippen LogP contribution is -2.20. The molecule has 0 fully saturated rings. The van der Waals surface area contributed by atoms with Crippen molar-refractivity contribution in [3.8, 4) is 5.75 Å². The van der Waals surface area contributed by atoms with E-state index >= 15 is 0 Å². The molecule has 0 spiro atoms. The number of nitrogens with one attached hydrogen (secondary N) is 1. The van der Waals surface area contributed by atoms with Gasteiger partial charge in [0, 0.05) is 8.04 Å². The topological polar surface area (TPSA) is 38.3 Å². The molecular weight excluding hydrogens is 478 g/mol. The Hall–Kier alpha value is -1.29. The number of carbonyl (C=O) groups is 1. The van der Waals surface area contributed by atoms with Crippen LogP contribution in [-0.2, 0) is 0 Å². The summed E-state index contributed by atoms with van der Waals surface area (Å²) < 4.78 is 42.3. The van der Waals surface area contributed by atoms with Gasteiger partial charge in [-0.3, -0.25) is 4.79 Å². The Morgan fingerprint density at radius 3 is 2.55 bits per heavy atom. The lowest BCUT2D eigenvalue weighted by atomic mass is 10.2. The second-order valence-electron chi connectivity index (χ2n) is 4.12. The molecule has 1 N–H and O–H groups in total. The lowest BCUT2D eigenvalue weighted by molar-refractivity contribution is -0.274. The molecule has 0 unspecified atom stereocenters. The molecule has 0 atom stereocenters. The van der Waals surface area contributed by atoms with Gasteiger partial charge in [-0.2, -0.15) is 0 Å². The van der Waals surface area contributed by atoms with Crippen molar-refractivity contribution in [1.82, 2.24) is 0 Å². The highest BCUT2D eigenvalue weighted by atomic mass is 127. The predicted octanol–water partition coefficient (Wildman–Crippen LogP) is 5.20. The van der Waals surface area contributed by atoms with Crippen molar-refractivity contribution in [1.29, 1.82) is 0 Å². The molecule has 0 saturated carbocycles. The van der Waals surface area contributed by atoms with E-state index in [1.807, 2.05) is 22.6 Å². The van der Waals surface area contributed by atoms with Crippen LogP contribution in [0.4, 0.5) is 18.9 Å². The molecule has 2 rings (SSSR count). The van der Waals surface area contributed by atoms with Crippen LogP contribution in [0.3, 0.4) is 0 Å². The molecule has 116 valence electrons. The van der Waals surface area contributed by atoms with Gasteiger partial charge in [0.2, 0.25) is 0 Å². The zero-order valence-corrected chi connectivity index (χ0v) is 14.5. The second kappa shape index (κ2) is 6.86. The minimum Gasteiger partial charge on any atom is -0.404 e. The number of carbonyl (C=O) groups excluding carboxylic acids is 1. The summed E-state index contributed by atoms with van der Waals surface area (Å²) in [7, 11) is 0. The van der Waals surface area contributed by atoms with Crippen LogP contribution in [0, 0.1) is 3.57 Å². The summed E-state index contributed by atoms with van der Waals surface area (Å²) in [5.74, 6) is -0.989. The first kappa shape index (κ1) is 17.1. The van der Waals surface area contributed by atoms with E-state index in [2.05, 4.69) is 26.0 Å². The van der Waals surface area contributed by atoms with Crippen molar-refractivity contribution in [2.75, 3.05) is 5.32 Å². The van der Waals surface area contributed by atoms with Gasteiger partial charge < -0.3 is 10.1 Å². The minimum absolute atomic E-state index is 0.0550. The summed E-state index contributed by atoms with van der Waals surface area (Å²) in [6.07, 6.45) is -4.83. The third-order valence-electron chi connectivity index (χ3n) is 2.53. The van der Waals surface area contributed by atoms with E-state index in [9.17, 15) is 18.0 Å². The summed E-state index contributed by atoms with van der Waals surface area (Å²) in [5, 5.41) is 2.43. The van der Waals surface area contributed by atoms with Crippen molar-refractivity contribution in [2.24, 2.45) is 0 Å². The van der Waals surface area contributed by atoms with Gasteiger partial charge in [-0.25, -0.2) is 0 Å². The molecule has 2 aromatic carbocycles. The molecule has 0 saturated heterocycles. The maximum atomic E-state index is 12.4. The van der Waals surface area contributed by atoms with Gasteiger partial charge in [0.15, 0.2) is 5.75 Å². The Morgan fingerprint density at radius 1 is 1.18 bits per heavy atom. The number of hydrogen-bond acceptors (Lipinski definition) is 2. The zero-order valence-electron chi connectivity index (χ0n) is 10.7. The molecule has 0 radical (unpaired) electrons. The lowest BCUT2D eigenvalue weighted by Gasteiger charge is -2.14. The first-order chi connectivity index (χ1) is 10.3. The molecule has 0 bridgehead atoms. The summed E-state index contributed by atoms with van der Waals surface area (Å²) in [6.45, 7) is 0. The number of benzene rings is 2. The van der Waals surface area contributed by atoms with Crippen LogP contribution in [0.25, 0.3) is 0 Å². The van der Waals surface area contributed by atoms with Gasteiger partial charge in [0.1, 0.15) is 0 Å². The normalized spacial score (nSPS) is 11.1. The van der Waals surface area contributed by atoms with E-state index < -0.39 is 18.0 Å². The summed E-state index contributed by atoms with van der Waals surface area (Å²) in [5.41, 5.74) is 0.289. The number of amides is 1. The number of hydrogen-bond donors (Lipinski definition) is 1. The molecule has 0 aliphatic rings. The predicted molar refractivity (Wildman–Crippen MR) is 87.9 cm³/mol. The highest BCUT2D eigenvalue weighted by Gasteiger charge is 2.32. The standard InChI is InChI=1S/C14H8BrF3INO2/c15-8-5-6-10(19)9(7-8)13(21)20-11-3-1-2-4-12(11)22-14(16,17)18/h1-7H,(H,20,21). The van der Waals surface area contributed by atoms with Gasteiger partial charge in [-0.15, -0.1) is 13.2 Å². The molecule has 22 heavy (non-hydrogen) atoms. The van der Waals surface area contributed by atoms with Crippen LogP contribution in [0.2, 0.25) is 0 Å². The number of halogens is 5. The number of rotatable bonds is 3. The Labute approximate surface area is 146 Å². The van der Waals surface area contributed by atoms with Crippen molar-refractivity contribution in [3.63, 3.8) is 0 Å². The first-order valence-corrected chi connectivity index (χ1v) is 7.74. The molecule has 0 heterocycles. The van der Waals surface area contributed by atoms with Crippen LogP contribution >= 0.6 is 38.5 Å². The molecule has 0 aliphatic carbocycles. The van der Waals surface area contributed by atoms with E-state index in [4.69, 9.17) is 0 Å². The van der Waals surface area contributed by atoms with Crippen LogP contribution in [0.5, 0.6) is 5.75 Å². The third-order valence-corrected chi connectivity index (χ3v) is 3.97. The fraction of sp³-hybridized carbons (Fsp3) is 0.0714. The average Bonchev–Trinajstić information content (AvgIpc) is 2.42. The summed E-state index contributed by atoms with van der Waals surface area (Å²) >= 11 is 5.22. The summed E-state index contributed by atoms with van der Waals surface area (Å²) in [4.78, 5) is 12.2. The van der Waals surface area contributed by atoms with Crippen LogP contribution in [0.1, 0.15) is 10.4 Å². The minimum atomic E-state index is -4.83. The van der Waals surface area contributed by atoms with Gasteiger partial charge in [0.25, 0.3) is 5.91 Å². The van der Waals surface area contributed by atoms with E-state index in [0.29, 0.717) is 13.6 Å². The molecule has 3 nitrogen and oxygen atoms in total. The van der Waals surface area contributed by atoms with Crippen molar-refractivity contribution in [2.45, 2.75) is 6.36 Å². The Kier molecular flexibility index (Phi) is 5.32. The summed E-state index contributed by atoms with van der Waals surface area (Å²) in [6, 6.07) is 10.4. The first-order valence-electron chi connectivity index (χ1n) is 5.87. The molecular formula is C14H8BrF3INO2. The van der Waals surface area contributed by atoms with E-state index in [0.717, 1.165) is 6.07 Å². The molecule has 8 heteroatoms. The van der Waals surface area contributed by atoms with Gasteiger partial charge in [-0.1, -0.05) is 28.1 Å². The largest absolute Gasteiger partial charge is 0.573 e. The highest BCUT2D eigenvalue weighted by Crippen LogP contribution is 2.30. The second-order valence-corrected chi connectivity index (χ2v) is 6.20. The molecule has 0 aromatic heterocycles. The zero-order chi connectivity index (χ0) is 16.3. The highest BCUT2D eigenvalue weighted by molar-refractivity contribution is 14.1. The van der Waals surface area contributed by atoms with Gasteiger partial charge >= 0.3 is 6.36 Å². The maximum Gasteiger partial charge on any atom is 0.573 e. The molecule has 2 aromatic rings. The fourth-order valence-corrected chi connectivity index (χ4v) is 2.59. The maximum absolute atomic E-state index is 12.4.